The smallest absolute Gasteiger partial charge is 0.269 e. The fraction of sp³-hybridized carbons (Fsp3) is 0.231. The summed E-state index contributed by atoms with van der Waals surface area (Å²) in [4.78, 5) is 15.6. The molecule has 0 aliphatic carbocycles. The SMILES string of the molecule is Cn1cncc1C(=O)NCCOc1cccc(N)c1. The lowest BCUT2D eigenvalue weighted by molar-refractivity contribution is 0.0939. The largest absolute Gasteiger partial charge is 0.492 e. The van der Waals surface area contributed by atoms with Crippen LogP contribution in [0.3, 0.4) is 0 Å². The van der Waals surface area contributed by atoms with Crippen LogP contribution in [0.1, 0.15) is 10.5 Å². The molecule has 1 amide bonds. The highest BCUT2D eigenvalue weighted by atomic mass is 16.5. The van der Waals surface area contributed by atoms with Gasteiger partial charge >= 0.3 is 0 Å². The predicted octanol–water partition coefficient (Wildman–Crippen LogP) is 0.811. The molecule has 0 bridgehead atoms. The third-order valence-electron chi connectivity index (χ3n) is 2.56. The first-order chi connectivity index (χ1) is 9.16. The van der Waals surface area contributed by atoms with Crippen molar-refractivity contribution in [3.63, 3.8) is 0 Å². The molecule has 0 saturated carbocycles. The normalized spacial score (nSPS) is 10.2. The number of carbonyl (C=O) groups excluding carboxylic acids is 1. The molecule has 0 unspecified atom stereocenters. The number of rotatable bonds is 5. The molecule has 6 heteroatoms. The van der Waals surface area contributed by atoms with Crippen molar-refractivity contribution in [1.82, 2.24) is 14.9 Å². The highest BCUT2D eigenvalue weighted by Gasteiger charge is 2.08. The minimum atomic E-state index is -0.170. The number of nitrogens with zero attached hydrogens (tertiary/aromatic N) is 2. The van der Waals surface area contributed by atoms with Crippen molar-refractivity contribution < 1.29 is 9.53 Å². The van der Waals surface area contributed by atoms with E-state index in [1.807, 2.05) is 12.1 Å². The highest BCUT2D eigenvalue weighted by molar-refractivity contribution is 5.92. The molecule has 0 spiro atoms. The number of nitrogen functional groups attached to an aromatic ring is 1. The van der Waals surface area contributed by atoms with Crippen molar-refractivity contribution in [2.24, 2.45) is 7.05 Å². The van der Waals surface area contributed by atoms with E-state index in [2.05, 4.69) is 10.3 Å². The molecule has 2 aromatic rings. The quantitative estimate of drug-likeness (QED) is 0.615. The van der Waals surface area contributed by atoms with E-state index in [4.69, 9.17) is 10.5 Å². The molecule has 0 fully saturated rings. The summed E-state index contributed by atoms with van der Waals surface area (Å²) < 4.78 is 7.13. The van der Waals surface area contributed by atoms with Crippen LogP contribution in [0.5, 0.6) is 5.75 Å². The Labute approximate surface area is 111 Å². The van der Waals surface area contributed by atoms with E-state index < -0.39 is 0 Å². The van der Waals surface area contributed by atoms with Gasteiger partial charge in [0.1, 0.15) is 18.1 Å². The number of aryl methyl sites for hydroxylation is 1. The molecule has 6 nitrogen and oxygen atoms in total. The van der Waals surface area contributed by atoms with Gasteiger partial charge in [-0.1, -0.05) is 6.07 Å². The topological polar surface area (TPSA) is 82.2 Å². The zero-order valence-corrected chi connectivity index (χ0v) is 10.7. The van der Waals surface area contributed by atoms with Gasteiger partial charge in [-0.25, -0.2) is 4.98 Å². The van der Waals surface area contributed by atoms with E-state index >= 15 is 0 Å². The Morgan fingerprint density at radius 3 is 3.05 bits per heavy atom. The fourth-order valence-electron chi connectivity index (χ4n) is 1.60. The first-order valence-corrected chi connectivity index (χ1v) is 5.89. The monoisotopic (exact) mass is 260 g/mol. The number of nitrogens with two attached hydrogens (primary N) is 1. The summed E-state index contributed by atoms with van der Waals surface area (Å²) in [5.41, 5.74) is 6.80. The van der Waals surface area contributed by atoms with Crippen molar-refractivity contribution in [3.05, 3.63) is 42.5 Å². The highest BCUT2D eigenvalue weighted by Crippen LogP contribution is 2.13. The molecule has 1 heterocycles. The molecular weight excluding hydrogens is 244 g/mol. The maximum Gasteiger partial charge on any atom is 0.269 e. The molecule has 1 aromatic carbocycles. The van der Waals surface area contributed by atoms with E-state index in [0.717, 1.165) is 0 Å². The van der Waals surface area contributed by atoms with Crippen LogP contribution in [0.15, 0.2) is 36.8 Å². The van der Waals surface area contributed by atoms with Crippen LogP contribution in [0.25, 0.3) is 0 Å². The molecule has 0 saturated heterocycles. The van der Waals surface area contributed by atoms with Gasteiger partial charge in [0.15, 0.2) is 0 Å². The van der Waals surface area contributed by atoms with E-state index in [9.17, 15) is 4.79 Å². The molecule has 2 rings (SSSR count). The summed E-state index contributed by atoms with van der Waals surface area (Å²) in [6.07, 6.45) is 3.10. The van der Waals surface area contributed by atoms with Crippen LogP contribution < -0.4 is 15.8 Å². The van der Waals surface area contributed by atoms with Gasteiger partial charge in [0.05, 0.1) is 19.1 Å². The number of ether oxygens (including phenoxy) is 1. The summed E-state index contributed by atoms with van der Waals surface area (Å²) in [6.45, 7) is 0.797. The van der Waals surface area contributed by atoms with Crippen molar-refractivity contribution in [3.8, 4) is 5.75 Å². The minimum absolute atomic E-state index is 0.170. The number of amides is 1. The van der Waals surface area contributed by atoms with Gasteiger partial charge in [-0.15, -0.1) is 0 Å². The molecule has 0 atom stereocenters. The molecule has 0 aliphatic heterocycles. The third kappa shape index (κ3) is 3.48. The number of anilines is 1. The number of imidazole rings is 1. The van der Waals surface area contributed by atoms with Crippen LogP contribution in [-0.4, -0.2) is 28.6 Å². The van der Waals surface area contributed by atoms with Gasteiger partial charge < -0.3 is 20.4 Å². The Kier molecular flexibility index (Phi) is 4.02. The summed E-state index contributed by atoms with van der Waals surface area (Å²) in [5.74, 6) is 0.519. The summed E-state index contributed by atoms with van der Waals surface area (Å²) in [6, 6.07) is 7.16. The predicted molar refractivity (Wildman–Crippen MR) is 71.9 cm³/mol. The second-order valence-electron chi connectivity index (χ2n) is 4.07. The number of hydrogen-bond donors (Lipinski definition) is 2. The zero-order valence-electron chi connectivity index (χ0n) is 10.7. The Morgan fingerprint density at radius 1 is 1.53 bits per heavy atom. The average molecular weight is 260 g/mol. The van der Waals surface area contributed by atoms with Gasteiger partial charge in [0, 0.05) is 18.8 Å². The number of carbonyl (C=O) groups is 1. The molecule has 100 valence electrons. The Balaban J connectivity index is 1.75. The standard InChI is InChI=1S/C13H16N4O2/c1-17-9-15-8-12(17)13(18)16-5-6-19-11-4-2-3-10(14)7-11/h2-4,7-9H,5-6,14H2,1H3,(H,16,18). The van der Waals surface area contributed by atoms with E-state index in [-0.39, 0.29) is 5.91 Å². The summed E-state index contributed by atoms with van der Waals surface area (Å²) in [5, 5.41) is 2.75. The Morgan fingerprint density at radius 2 is 2.37 bits per heavy atom. The van der Waals surface area contributed by atoms with E-state index in [1.54, 1.807) is 30.1 Å². The Hall–Kier alpha value is -2.50. The van der Waals surface area contributed by atoms with Crippen molar-refractivity contribution in [2.45, 2.75) is 0 Å². The summed E-state index contributed by atoms with van der Waals surface area (Å²) >= 11 is 0. The van der Waals surface area contributed by atoms with Crippen LogP contribution in [0.4, 0.5) is 5.69 Å². The Bertz CT molecular complexity index is 565. The lowest BCUT2D eigenvalue weighted by Gasteiger charge is -2.08. The van der Waals surface area contributed by atoms with Crippen molar-refractivity contribution >= 4 is 11.6 Å². The van der Waals surface area contributed by atoms with E-state index in [0.29, 0.717) is 30.3 Å². The molecule has 19 heavy (non-hydrogen) atoms. The van der Waals surface area contributed by atoms with Gasteiger partial charge in [0.2, 0.25) is 0 Å². The van der Waals surface area contributed by atoms with Gasteiger partial charge in [-0.05, 0) is 12.1 Å². The van der Waals surface area contributed by atoms with Gasteiger partial charge in [0.25, 0.3) is 5.91 Å². The lowest BCUT2D eigenvalue weighted by Crippen LogP contribution is -2.29. The molecule has 3 N–H and O–H groups in total. The van der Waals surface area contributed by atoms with Gasteiger partial charge in [-0.2, -0.15) is 0 Å². The molecular formula is C13H16N4O2. The van der Waals surface area contributed by atoms with Gasteiger partial charge in [-0.3, -0.25) is 4.79 Å². The minimum Gasteiger partial charge on any atom is -0.492 e. The van der Waals surface area contributed by atoms with Crippen LogP contribution in [-0.2, 0) is 7.05 Å². The first-order valence-electron chi connectivity index (χ1n) is 5.89. The number of nitrogens with one attached hydrogen (secondary N) is 1. The fourth-order valence-corrected chi connectivity index (χ4v) is 1.60. The van der Waals surface area contributed by atoms with E-state index in [1.165, 1.54) is 6.20 Å². The average Bonchev–Trinajstić information content (AvgIpc) is 2.81. The van der Waals surface area contributed by atoms with Crippen LogP contribution >= 0.6 is 0 Å². The van der Waals surface area contributed by atoms with Crippen molar-refractivity contribution in [2.75, 3.05) is 18.9 Å². The second-order valence-corrected chi connectivity index (χ2v) is 4.07. The number of aromatic nitrogens is 2. The maximum atomic E-state index is 11.7. The van der Waals surface area contributed by atoms with Crippen molar-refractivity contribution in [1.29, 1.82) is 0 Å². The van der Waals surface area contributed by atoms with Crippen LogP contribution in [0, 0.1) is 0 Å². The lowest BCUT2D eigenvalue weighted by atomic mass is 10.3. The molecule has 0 aliphatic rings. The molecule has 0 radical (unpaired) electrons. The first kappa shape index (κ1) is 12.9. The maximum absolute atomic E-state index is 11.7. The molecule has 1 aromatic heterocycles. The number of benzene rings is 1. The third-order valence-corrected chi connectivity index (χ3v) is 2.56. The number of hydrogen-bond acceptors (Lipinski definition) is 4. The zero-order chi connectivity index (χ0) is 13.7. The second kappa shape index (κ2) is 5.90. The summed E-state index contributed by atoms with van der Waals surface area (Å²) in [7, 11) is 1.77. The van der Waals surface area contributed by atoms with Crippen LogP contribution in [0.2, 0.25) is 0 Å².